The fourth-order valence-electron chi connectivity index (χ4n) is 2.79. The van der Waals surface area contributed by atoms with E-state index in [-0.39, 0.29) is 11.7 Å². The highest BCUT2D eigenvalue weighted by molar-refractivity contribution is 7.09. The second-order valence-electron chi connectivity index (χ2n) is 6.10. The molecule has 136 valence electrons. The molecule has 0 bridgehead atoms. The van der Waals surface area contributed by atoms with E-state index in [1.165, 1.54) is 29.1 Å². The summed E-state index contributed by atoms with van der Waals surface area (Å²) in [6.07, 6.45) is 0. The van der Waals surface area contributed by atoms with Gasteiger partial charge in [0.1, 0.15) is 5.82 Å². The van der Waals surface area contributed by atoms with Gasteiger partial charge in [-0.15, -0.1) is 11.3 Å². The molecule has 4 aromatic rings. The van der Waals surface area contributed by atoms with E-state index in [0.29, 0.717) is 17.9 Å². The van der Waals surface area contributed by atoms with Crippen molar-refractivity contribution in [3.8, 4) is 0 Å². The zero-order valence-electron chi connectivity index (χ0n) is 14.3. The highest BCUT2D eigenvalue weighted by atomic mass is 32.1. The normalized spacial score (nSPS) is 11.0. The number of carbonyl (C=O) groups is 1. The van der Waals surface area contributed by atoms with Crippen LogP contribution in [-0.4, -0.2) is 16.1 Å². The first-order chi connectivity index (χ1) is 13.2. The molecule has 0 unspecified atom stereocenters. The van der Waals surface area contributed by atoms with Crippen LogP contribution in [0.15, 0.2) is 60.0 Å². The van der Waals surface area contributed by atoms with Gasteiger partial charge in [-0.2, -0.15) is 5.10 Å². The molecule has 1 amide bonds. The first-order valence-corrected chi connectivity index (χ1v) is 9.34. The Morgan fingerprint density at radius 1 is 1.11 bits per heavy atom. The number of aromatic amines is 1. The van der Waals surface area contributed by atoms with E-state index < -0.39 is 0 Å². The Kier molecular flexibility index (Phi) is 4.95. The zero-order valence-corrected chi connectivity index (χ0v) is 15.1. The van der Waals surface area contributed by atoms with Crippen LogP contribution in [0, 0.1) is 5.82 Å². The van der Waals surface area contributed by atoms with Gasteiger partial charge in [-0.1, -0.05) is 12.1 Å². The van der Waals surface area contributed by atoms with Crippen LogP contribution in [-0.2, 0) is 13.1 Å². The van der Waals surface area contributed by atoms with Crippen molar-refractivity contribution in [1.82, 2.24) is 15.5 Å². The monoisotopic (exact) mass is 380 g/mol. The molecular formula is C20H17FN4OS. The third-order valence-electron chi connectivity index (χ3n) is 4.17. The maximum Gasteiger partial charge on any atom is 0.256 e. The number of halogens is 1. The molecule has 27 heavy (non-hydrogen) atoms. The van der Waals surface area contributed by atoms with E-state index in [9.17, 15) is 9.18 Å². The lowest BCUT2D eigenvalue weighted by atomic mass is 10.1. The molecule has 4 rings (SSSR count). The van der Waals surface area contributed by atoms with Gasteiger partial charge >= 0.3 is 0 Å². The van der Waals surface area contributed by atoms with Gasteiger partial charge < -0.3 is 10.6 Å². The number of anilines is 1. The van der Waals surface area contributed by atoms with Crippen LogP contribution in [0.25, 0.3) is 10.9 Å². The molecule has 0 fully saturated rings. The lowest BCUT2D eigenvalue weighted by Crippen LogP contribution is -2.13. The fraction of sp³-hybridized carbons (Fsp3) is 0.100. The number of amides is 1. The Bertz CT molecular complexity index is 1060. The van der Waals surface area contributed by atoms with Crippen molar-refractivity contribution in [2.75, 3.05) is 5.32 Å². The minimum Gasteiger partial charge on any atom is -0.308 e. The van der Waals surface area contributed by atoms with Crippen LogP contribution in [0.1, 0.15) is 20.8 Å². The van der Waals surface area contributed by atoms with Gasteiger partial charge in [-0.05, 0) is 53.4 Å². The van der Waals surface area contributed by atoms with Crippen molar-refractivity contribution in [3.05, 3.63) is 81.8 Å². The molecule has 0 saturated carbocycles. The summed E-state index contributed by atoms with van der Waals surface area (Å²) < 4.78 is 13.0. The Labute approximate surface area is 159 Å². The number of aromatic nitrogens is 2. The van der Waals surface area contributed by atoms with Crippen LogP contribution in [0.4, 0.5) is 10.2 Å². The molecule has 0 radical (unpaired) electrons. The van der Waals surface area contributed by atoms with Gasteiger partial charge in [-0.3, -0.25) is 9.89 Å². The van der Waals surface area contributed by atoms with Gasteiger partial charge in [0.25, 0.3) is 5.91 Å². The van der Waals surface area contributed by atoms with Crippen LogP contribution in [0.5, 0.6) is 0 Å². The van der Waals surface area contributed by atoms with E-state index in [4.69, 9.17) is 0 Å². The van der Waals surface area contributed by atoms with E-state index in [2.05, 4.69) is 32.3 Å². The van der Waals surface area contributed by atoms with Gasteiger partial charge in [-0.25, -0.2) is 4.39 Å². The minimum atomic E-state index is -0.378. The number of hydrogen-bond donors (Lipinski definition) is 3. The number of carbonyl (C=O) groups excluding carboxylic acids is 1. The van der Waals surface area contributed by atoms with Gasteiger partial charge in [0.2, 0.25) is 0 Å². The van der Waals surface area contributed by atoms with Crippen molar-refractivity contribution in [1.29, 1.82) is 0 Å². The Balaban J connectivity index is 1.48. The van der Waals surface area contributed by atoms with Crippen LogP contribution < -0.4 is 10.6 Å². The minimum absolute atomic E-state index is 0.329. The third kappa shape index (κ3) is 4.05. The van der Waals surface area contributed by atoms with E-state index in [1.807, 2.05) is 24.3 Å². The summed E-state index contributed by atoms with van der Waals surface area (Å²) in [7, 11) is 0. The summed E-state index contributed by atoms with van der Waals surface area (Å²) >= 11 is 1.72. The maximum atomic E-state index is 13.0. The average Bonchev–Trinajstić information content (AvgIpc) is 3.33. The Morgan fingerprint density at radius 2 is 1.96 bits per heavy atom. The summed E-state index contributed by atoms with van der Waals surface area (Å²) in [5.41, 5.74) is 2.31. The van der Waals surface area contributed by atoms with Gasteiger partial charge in [0, 0.05) is 28.9 Å². The molecule has 2 heterocycles. The Hall–Kier alpha value is -3.03. The number of nitrogens with one attached hydrogen (secondary N) is 3. The summed E-state index contributed by atoms with van der Waals surface area (Å²) in [5.74, 6) is -0.250. The van der Waals surface area contributed by atoms with E-state index >= 15 is 0 Å². The first kappa shape index (κ1) is 17.4. The number of benzene rings is 2. The van der Waals surface area contributed by atoms with Crippen molar-refractivity contribution in [2.24, 2.45) is 0 Å². The molecular weight excluding hydrogens is 363 g/mol. The molecule has 2 aromatic heterocycles. The number of hydrogen-bond acceptors (Lipinski definition) is 4. The SMILES string of the molecule is O=C(Nc1n[nH]c2ccc(CNCc3cccs3)cc12)c1ccc(F)cc1. The lowest BCUT2D eigenvalue weighted by molar-refractivity contribution is 0.102. The molecule has 0 aliphatic carbocycles. The summed E-state index contributed by atoms with van der Waals surface area (Å²) in [6.45, 7) is 1.53. The standard InChI is InChI=1S/C20H17FN4OS/c21-15-6-4-14(5-7-15)20(26)23-19-17-10-13(3-8-18(17)24-25-19)11-22-12-16-2-1-9-27-16/h1-10,22H,11-12H2,(H2,23,24,25,26). The highest BCUT2D eigenvalue weighted by Crippen LogP contribution is 2.22. The van der Waals surface area contributed by atoms with Gasteiger partial charge in [0.05, 0.1) is 5.52 Å². The number of thiophene rings is 1. The van der Waals surface area contributed by atoms with E-state index in [1.54, 1.807) is 11.3 Å². The fourth-order valence-corrected chi connectivity index (χ4v) is 3.47. The molecule has 0 atom stereocenters. The highest BCUT2D eigenvalue weighted by Gasteiger charge is 2.12. The van der Waals surface area contributed by atoms with Crippen molar-refractivity contribution in [3.63, 3.8) is 0 Å². The quantitative estimate of drug-likeness (QED) is 0.467. The summed E-state index contributed by atoms with van der Waals surface area (Å²) in [5, 5.41) is 16.2. The molecule has 7 heteroatoms. The van der Waals surface area contributed by atoms with E-state index in [0.717, 1.165) is 23.0 Å². The number of H-pyrrole nitrogens is 1. The molecule has 0 aliphatic rings. The molecule has 0 spiro atoms. The second kappa shape index (κ2) is 7.69. The molecule has 0 saturated heterocycles. The molecule has 2 aromatic carbocycles. The molecule has 3 N–H and O–H groups in total. The van der Waals surface area contributed by atoms with Crippen molar-refractivity contribution in [2.45, 2.75) is 13.1 Å². The van der Waals surface area contributed by atoms with Crippen LogP contribution in [0.2, 0.25) is 0 Å². The largest absolute Gasteiger partial charge is 0.308 e. The van der Waals surface area contributed by atoms with Gasteiger partial charge in [0.15, 0.2) is 5.82 Å². The lowest BCUT2D eigenvalue weighted by Gasteiger charge is -2.05. The first-order valence-electron chi connectivity index (χ1n) is 8.46. The van der Waals surface area contributed by atoms with Crippen LogP contribution >= 0.6 is 11.3 Å². The topological polar surface area (TPSA) is 69.8 Å². The summed E-state index contributed by atoms with van der Waals surface area (Å²) in [6, 6.07) is 15.5. The summed E-state index contributed by atoms with van der Waals surface area (Å²) in [4.78, 5) is 13.6. The smallest absolute Gasteiger partial charge is 0.256 e. The number of rotatable bonds is 6. The van der Waals surface area contributed by atoms with Crippen LogP contribution in [0.3, 0.4) is 0 Å². The maximum absolute atomic E-state index is 13.0. The average molecular weight is 380 g/mol. The number of nitrogens with zero attached hydrogens (tertiary/aromatic N) is 1. The predicted octanol–water partition coefficient (Wildman–Crippen LogP) is 4.31. The van der Waals surface area contributed by atoms with Crippen molar-refractivity contribution < 1.29 is 9.18 Å². The Morgan fingerprint density at radius 3 is 2.74 bits per heavy atom. The molecule has 5 nitrogen and oxygen atoms in total. The predicted molar refractivity (Wildman–Crippen MR) is 105 cm³/mol. The van der Waals surface area contributed by atoms with Crippen molar-refractivity contribution >= 4 is 34.0 Å². The second-order valence-corrected chi connectivity index (χ2v) is 7.13. The molecule has 0 aliphatic heterocycles. The number of fused-ring (bicyclic) bond motifs is 1. The third-order valence-corrected chi connectivity index (χ3v) is 5.05. The zero-order chi connectivity index (χ0) is 18.6.